The lowest BCUT2D eigenvalue weighted by Crippen LogP contribution is -2.06. The monoisotopic (exact) mass is 563 g/mol. The predicted molar refractivity (Wildman–Crippen MR) is 184 cm³/mol. The molecule has 0 amide bonds. The fourth-order valence-corrected chi connectivity index (χ4v) is 7.12. The van der Waals surface area contributed by atoms with Crippen LogP contribution in [0.15, 0.2) is 134 Å². The van der Waals surface area contributed by atoms with Crippen molar-refractivity contribution in [2.24, 2.45) is 5.92 Å². The van der Waals surface area contributed by atoms with Crippen LogP contribution in [0.1, 0.15) is 18.1 Å². The van der Waals surface area contributed by atoms with Gasteiger partial charge in [0.05, 0.1) is 39.6 Å². The van der Waals surface area contributed by atoms with E-state index in [1.54, 1.807) is 0 Å². The van der Waals surface area contributed by atoms with Crippen LogP contribution < -0.4 is 0 Å². The number of rotatable bonds is 3. The highest BCUT2D eigenvalue weighted by Crippen LogP contribution is 2.40. The van der Waals surface area contributed by atoms with Crippen molar-refractivity contribution in [3.63, 3.8) is 0 Å². The third-order valence-electron chi connectivity index (χ3n) is 9.18. The third kappa shape index (κ3) is 3.76. The summed E-state index contributed by atoms with van der Waals surface area (Å²) in [6, 6.07) is 43.4. The lowest BCUT2D eigenvalue weighted by atomic mass is 9.86. The number of para-hydroxylation sites is 2. The van der Waals surface area contributed by atoms with Crippen LogP contribution in [0.5, 0.6) is 0 Å². The lowest BCUT2D eigenvalue weighted by molar-refractivity contribution is 0.722. The predicted octanol–water partition coefficient (Wildman–Crippen LogP) is 10.4. The van der Waals surface area contributed by atoms with E-state index < -0.39 is 0 Å². The van der Waals surface area contributed by atoms with Crippen LogP contribution in [0, 0.1) is 5.92 Å². The Morgan fingerprint density at radius 3 is 2.25 bits per heavy atom. The normalized spacial score (nSPS) is 14.5. The minimum absolute atomic E-state index is 0.512. The van der Waals surface area contributed by atoms with E-state index >= 15 is 0 Å². The molecule has 0 aliphatic heterocycles. The van der Waals surface area contributed by atoms with Crippen molar-refractivity contribution in [3.05, 3.63) is 145 Å². The molecule has 0 radical (unpaired) electrons. The van der Waals surface area contributed by atoms with Gasteiger partial charge in [0.15, 0.2) is 0 Å². The molecule has 44 heavy (non-hydrogen) atoms. The van der Waals surface area contributed by atoms with Gasteiger partial charge in [0.1, 0.15) is 0 Å². The maximum atomic E-state index is 5.38. The summed E-state index contributed by atoms with van der Waals surface area (Å²) < 4.78 is 2.38. The van der Waals surface area contributed by atoms with Gasteiger partial charge in [0.25, 0.3) is 0 Å². The van der Waals surface area contributed by atoms with Crippen molar-refractivity contribution in [2.75, 3.05) is 0 Å². The Kier molecular flexibility index (Phi) is 5.54. The van der Waals surface area contributed by atoms with E-state index in [0.29, 0.717) is 5.92 Å². The minimum atomic E-state index is 0.512. The molecule has 6 aromatic carbocycles. The number of allylic oxidation sites excluding steroid dienone is 1. The molecule has 0 saturated heterocycles. The van der Waals surface area contributed by atoms with Crippen LogP contribution in [0.4, 0.5) is 0 Å². The van der Waals surface area contributed by atoms with Gasteiger partial charge in [-0.05, 0) is 58.7 Å². The van der Waals surface area contributed by atoms with E-state index in [1.165, 1.54) is 54.8 Å². The second kappa shape index (κ2) is 9.75. The number of nitrogens with zero attached hydrogens (tertiary/aromatic N) is 3. The number of hydrogen-bond acceptors (Lipinski definition) is 2. The van der Waals surface area contributed by atoms with Gasteiger partial charge >= 0.3 is 0 Å². The molecular formula is C41H29N3. The van der Waals surface area contributed by atoms with Crippen molar-refractivity contribution >= 4 is 49.7 Å². The van der Waals surface area contributed by atoms with Gasteiger partial charge in [-0.2, -0.15) is 0 Å². The highest BCUT2D eigenvalue weighted by molar-refractivity contribution is 6.12. The Bertz CT molecular complexity index is 2430. The maximum absolute atomic E-state index is 5.38. The third-order valence-corrected chi connectivity index (χ3v) is 9.18. The van der Waals surface area contributed by atoms with Gasteiger partial charge < -0.3 is 4.57 Å². The van der Waals surface area contributed by atoms with Crippen molar-refractivity contribution in [1.29, 1.82) is 0 Å². The number of aromatic nitrogens is 3. The summed E-state index contributed by atoms with van der Waals surface area (Å²) in [6.45, 7) is 2.28. The van der Waals surface area contributed by atoms with Crippen molar-refractivity contribution in [3.8, 4) is 28.1 Å². The second-order valence-electron chi connectivity index (χ2n) is 11.9. The fourth-order valence-electron chi connectivity index (χ4n) is 7.12. The smallest absolute Gasteiger partial charge is 0.0979 e. The molecule has 2 aromatic heterocycles. The van der Waals surface area contributed by atoms with Crippen molar-refractivity contribution in [2.45, 2.75) is 13.3 Å². The molecule has 0 saturated carbocycles. The van der Waals surface area contributed by atoms with Gasteiger partial charge in [-0.3, -0.25) is 4.98 Å². The van der Waals surface area contributed by atoms with Crippen LogP contribution in [0.25, 0.3) is 77.8 Å². The summed E-state index contributed by atoms with van der Waals surface area (Å²) in [4.78, 5) is 10.5. The van der Waals surface area contributed by atoms with E-state index in [4.69, 9.17) is 9.97 Å². The minimum Gasteiger partial charge on any atom is -0.309 e. The quantitative estimate of drug-likeness (QED) is 0.200. The van der Waals surface area contributed by atoms with Gasteiger partial charge in [0, 0.05) is 27.3 Å². The highest BCUT2D eigenvalue weighted by atomic mass is 15.0. The summed E-state index contributed by atoms with van der Waals surface area (Å²) in [7, 11) is 0. The zero-order valence-electron chi connectivity index (χ0n) is 24.4. The molecule has 2 heterocycles. The first-order chi connectivity index (χ1) is 21.7. The van der Waals surface area contributed by atoms with Crippen molar-refractivity contribution in [1.82, 2.24) is 14.5 Å². The molecule has 0 unspecified atom stereocenters. The van der Waals surface area contributed by atoms with Gasteiger partial charge in [-0.15, -0.1) is 0 Å². The molecule has 0 bridgehead atoms. The average Bonchev–Trinajstić information content (AvgIpc) is 3.42. The first kappa shape index (κ1) is 25.0. The number of hydrogen-bond donors (Lipinski definition) is 0. The van der Waals surface area contributed by atoms with Crippen LogP contribution in [0.2, 0.25) is 0 Å². The molecule has 0 fully saturated rings. The van der Waals surface area contributed by atoms with E-state index in [-0.39, 0.29) is 0 Å². The molecule has 3 nitrogen and oxygen atoms in total. The molecule has 1 aliphatic rings. The van der Waals surface area contributed by atoms with E-state index in [9.17, 15) is 0 Å². The molecule has 3 heteroatoms. The topological polar surface area (TPSA) is 30.7 Å². The SMILES string of the molecule is C[C@H]1C=Cc2c(c3ccccc3c3nc(-c4ccccc4-n4c5ccccc5c5cc(-c6ccccc6)ccc54)cnc23)C1. The molecule has 0 spiro atoms. The van der Waals surface area contributed by atoms with Crippen molar-refractivity contribution < 1.29 is 0 Å². The van der Waals surface area contributed by atoms with Gasteiger partial charge in [-0.1, -0.05) is 116 Å². The van der Waals surface area contributed by atoms with Crippen LogP contribution in [-0.4, -0.2) is 14.5 Å². The van der Waals surface area contributed by atoms with Gasteiger partial charge in [-0.25, -0.2) is 4.98 Å². The lowest BCUT2D eigenvalue weighted by Gasteiger charge is -2.20. The first-order valence-corrected chi connectivity index (χ1v) is 15.3. The fraction of sp³-hybridized carbons (Fsp3) is 0.0732. The maximum Gasteiger partial charge on any atom is 0.0979 e. The Morgan fingerprint density at radius 1 is 0.636 bits per heavy atom. The summed E-state index contributed by atoms with van der Waals surface area (Å²) in [5, 5.41) is 4.92. The van der Waals surface area contributed by atoms with Gasteiger partial charge in [0.2, 0.25) is 0 Å². The van der Waals surface area contributed by atoms with Crippen LogP contribution in [-0.2, 0) is 6.42 Å². The molecular weight excluding hydrogens is 534 g/mol. The Morgan fingerprint density at radius 2 is 1.36 bits per heavy atom. The second-order valence-corrected chi connectivity index (χ2v) is 11.9. The zero-order chi connectivity index (χ0) is 29.2. The highest BCUT2D eigenvalue weighted by Gasteiger charge is 2.21. The average molecular weight is 564 g/mol. The zero-order valence-corrected chi connectivity index (χ0v) is 24.4. The largest absolute Gasteiger partial charge is 0.309 e. The summed E-state index contributed by atoms with van der Waals surface area (Å²) in [5.41, 5.74) is 12.3. The van der Waals surface area contributed by atoms with E-state index in [1.807, 2.05) is 6.20 Å². The number of fused-ring (bicyclic) bond motifs is 9. The molecule has 8 aromatic rings. The summed E-state index contributed by atoms with van der Waals surface area (Å²) in [6.07, 6.45) is 7.53. The van der Waals surface area contributed by atoms with E-state index in [2.05, 4.69) is 145 Å². The number of benzene rings is 6. The van der Waals surface area contributed by atoms with Crippen LogP contribution in [0.3, 0.4) is 0 Å². The first-order valence-electron chi connectivity index (χ1n) is 15.3. The summed E-state index contributed by atoms with van der Waals surface area (Å²) in [5.74, 6) is 0.512. The Labute approximate surface area is 255 Å². The molecule has 1 atom stereocenters. The van der Waals surface area contributed by atoms with Crippen LogP contribution >= 0.6 is 0 Å². The summed E-state index contributed by atoms with van der Waals surface area (Å²) >= 11 is 0. The molecule has 0 N–H and O–H groups in total. The Hall–Kier alpha value is -5.54. The molecule has 1 aliphatic carbocycles. The standard InChI is InChI=1S/C41H29N3/c1-26-19-21-32-34(23-26)29-13-5-6-15-31(29)41-40(32)42-25-36(43-41)33-16-8-10-18-38(33)44-37-17-9-7-14-30(37)35-24-28(20-22-39(35)44)27-11-3-2-4-12-27/h2-22,24-26H,23H2,1H3/t26-/m0/s1. The van der Waals surface area contributed by atoms with E-state index in [0.717, 1.165) is 34.4 Å². The Balaban J connectivity index is 1.29. The molecule has 208 valence electrons. The molecule has 9 rings (SSSR count).